The molecule has 0 bridgehead atoms. The van der Waals surface area contributed by atoms with Crippen molar-refractivity contribution < 1.29 is 22.3 Å². The highest BCUT2D eigenvalue weighted by molar-refractivity contribution is 6.34. The minimum absolute atomic E-state index is 0.00732. The van der Waals surface area contributed by atoms with Gasteiger partial charge in [0.2, 0.25) is 0 Å². The van der Waals surface area contributed by atoms with Gasteiger partial charge >= 0.3 is 12.2 Å². The number of hydrogen-bond donors (Lipinski definition) is 0. The minimum Gasteiger partial charge on any atom is -0.422 e. The fourth-order valence-corrected chi connectivity index (χ4v) is 2.53. The molecule has 5 nitrogen and oxygen atoms in total. The highest BCUT2D eigenvalue weighted by Crippen LogP contribution is 2.33. The van der Waals surface area contributed by atoms with Crippen LogP contribution in [0.2, 0.25) is 5.15 Å². The molecule has 2 aromatic heterocycles. The summed E-state index contributed by atoms with van der Waals surface area (Å²) in [5, 5.41) is 4.73. The summed E-state index contributed by atoms with van der Waals surface area (Å²) in [6.45, 7) is 0.00732. The van der Waals surface area contributed by atoms with E-state index in [2.05, 4.69) is 15.1 Å². The van der Waals surface area contributed by atoms with Crippen LogP contribution in [0.4, 0.5) is 17.6 Å². The second-order valence-electron chi connectivity index (χ2n) is 5.17. The van der Waals surface area contributed by atoms with E-state index in [9.17, 15) is 17.6 Å². The average molecular weight is 375 g/mol. The summed E-state index contributed by atoms with van der Waals surface area (Å²) in [7, 11) is 0. The molecule has 132 valence electrons. The van der Waals surface area contributed by atoms with Gasteiger partial charge in [0, 0.05) is 18.4 Å². The smallest absolute Gasteiger partial charge is 0.389 e. The molecule has 0 spiro atoms. The number of halogens is 5. The third-order valence-electron chi connectivity index (χ3n) is 3.32. The number of aromatic nitrogens is 4. The zero-order valence-electron chi connectivity index (χ0n) is 12.6. The van der Waals surface area contributed by atoms with E-state index in [-0.39, 0.29) is 29.9 Å². The van der Waals surface area contributed by atoms with E-state index in [1.165, 1.54) is 4.68 Å². The summed E-state index contributed by atoms with van der Waals surface area (Å²) in [5.41, 5.74) is 0.419. The molecular weight excluding hydrogens is 364 g/mol. The van der Waals surface area contributed by atoms with Gasteiger partial charge in [0.25, 0.3) is 0 Å². The molecule has 0 saturated carbocycles. The molecule has 0 unspecified atom stereocenters. The number of rotatable bonds is 5. The van der Waals surface area contributed by atoms with E-state index in [0.717, 1.165) is 12.4 Å². The van der Waals surface area contributed by atoms with E-state index in [1.54, 1.807) is 18.2 Å². The van der Waals surface area contributed by atoms with Gasteiger partial charge < -0.3 is 4.74 Å². The van der Waals surface area contributed by atoms with Crippen LogP contribution in [-0.4, -0.2) is 25.9 Å². The molecule has 0 fully saturated rings. The number of aryl methyl sites for hydroxylation is 1. The molecule has 1 aromatic carbocycles. The van der Waals surface area contributed by atoms with Crippen molar-refractivity contribution in [3.8, 4) is 11.8 Å². The monoisotopic (exact) mass is 374 g/mol. The third kappa shape index (κ3) is 4.16. The molecule has 0 aliphatic rings. The summed E-state index contributed by atoms with van der Waals surface area (Å²) in [5.74, 6) is -0.360. The van der Waals surface area contributed by atoms with Crippen molar-refractivity contribution in [1.29, 1.82) is 0 Å². The Bertz CT molecular complexity index is 880. The molecule has 0 aliphatic carbocycles. The first-order chi connectivity index (χ1) is 11.8. The molecule has 25 heavy (non-hydrogen) atoms. The second kappa shape index (κ2) is 6.83. The fourth-order valence-electron chi connectivity index (χ4n) is 2.29. The third-order valence-corrected chi connectivity index (χ3v) is 3.60. The van der Waals surface area contributed by atoms with E-state index in [4.69, 9.17) is 16.3 Å². The first-order valence-electron chi connectivity index (χ1n) is 7.21. The van der Waals surface area contributed by atoms with E-state index >= 15 is 0 Å². The predicted molar refractivity (Wildman–Crippen MR) is 82.1 cm³/mol. The van der Waals surface area contributed by atoms with Crippen LogP contribution < -0.4 is 4.74 Å². The van der Waals surface area contributed by atoms with Crippen LogP contribution in [0.5, 0.6) is 11.8 Å². The number of nitrogens with zero attached hydrogens (tertiary/aromatic N) is 4. The zero-order valence-corrected chi connectivity index (χ0v) is 13.4. The Hall–Kier alpha value is -2.42. The van der Waals surface area contributed by atoms with Gasteiger partial charge in [-0.05, 0) is 18.6 Å². The van der Waals surface area contributed by atoms with Crippen LogP contribution in [0.15, 0.2) is 30.6 Å². The number of alkyl halides is 3. The number of hydrogen-bond acceptors (Lipinski definition) is 4. The Balaban J connectivity index is 1.91. The lowest BCUT2D eigenvalue weighted by atomic mass is 10.2. The number of fused-ring (bicyclic) bond motifs is 1. The van der Waals surface area contributed by atoms with Gasteiger partial charge in [0.1, 0.15) is 5.52 Å². The molecule has 0 aliphatic heterocycles. The van der Waals surface area contributed by atoms with E-state index in [0.29, 0.717) is 10.9 Å². The molecule has 0 radical (unpaired) electrons. The Morgan fingerprint density at radius 1 is 1.16 bits per heavy atom. The molecule has 3 rings (SSSR count). The van der Waals surface area contributed by atoms with Gasteiger partial charge in [0.05, 0.1) is 12.4 Å². The fraction of sp³-hybridized carbons (Fsp3) is 0.267. The first kappa shape index (κ1) is 17.4. The lowest BCUT2D eigenvalue weighted by Crippen LogP contribution is -2.10. The highest BCUT2D eigenvalue weighted by atomic mass is 35.5. The summed E-state index contributed by atoms with van der Waals surface area (Å²) in [6.07, 6.45) is -3.45. The van der Waals surface area contributed by atoms with Crippen molar-refractivity contribution >= 4 is 22.5 Å². The number of ether oxygens (including phenoxy) is 1. The summed E-state index contributed by atoms with van der Waals surface area (Å²) < 4.78 is 56.8. The quantitative estimate of drug-likeness (QED) is 0.604. The average Bonchev–Trinajstić information content (AvgIpc) is 2.86. The number of benzene rings is 1. The Morgan fingerprint density at radius 2 is 1.88 bits per heavy atom. The van der Waals surface area contributed by atoms with E-state index in [1.807, 2.05) is 0 Å². The Labute approximate surface area is 144 Å². The maximum atomic E-state index is 12.9. The first-order valence-corrected chi connectivity index (χ1v) is 7.58. The Kier molecular flexibility index (Phi) is 4.76. The maximum Gasteiger partial charge on any atom is 0.389 e. The van der Waals surface area contributed by atoms with Gasteiger partial charge in [0.15, 0.2) is 16.7 Å². The van der Waals surface area contributed by atoms with Crippen molar-refractivity contribution in [2.24, 2.45) is 0 Å². The van der Waals surface area contributed by atoms with Crippen LogP contribution in [0.1, 0.15) is 12.8 Å². The molecule has 0 amide bonds. The highest BCUT2D eigenvalue weighted by Gasteiger charge is 2.26. The largest absolute Gasteiger partial charge is 0.422 e. The molecular formula is C15H11ClF4N4O. The van der Waals surface area contributed by atoms with Crippen molar-refractivity contribution in [3.63, 3.8) is 0 Å². The predicted octanol–water partition coefficient (Wildman–Crippen LogP) is 4.75. The summed E-state index contributed by atoms with van der Waals surface area (Å²) in [4.78, 5) is 7.38. The van der Waals surface area contributed by atoms with Crippen LogP contribution >= 0.6 is 11.6 Å². The van der Waals surface area contributed by atoms with Gasteiger partial charge in [-0.3, -0.25) is 4.68 Å². The summed E-state index contributed by atoms with van der Waals surface area (Å²) >= 11 is 6.05. The molecule has 10 heteroatoms. The normalized spacial score (nSPS) is 11.9. The molecule has 0 N–H and O–H groups in total. The maximum absolute atomic E-state index is 12.9. The van der Waals surface area contributed by atoms with Crippen LogP contribution in [-0.2, 0) is 6.54 Å². The SMILES string of the molecule is Fc1cnc(Oc2cccc3c(Cl)nn(CCCC(F)(F)F)c23)nc1. The van der Waals surface area contributed by atoms with Crippen LogP contribution in [0, 0.1) is 5.82 Å². The lowest BCUT2D eigenvalue weighted by Gasteiger charge is -2.09. The van der Waals surface area contributed by atoms with Gasteiger partial charge in [-0.1, -0.05) is 17.7 Å². The van der Waals surface area contributed by atoms with Gasteiger partial charge in [-0.15, -0.1) is 0 Å². The molecule has 0 saturated heterocycles. The number of para-hydroxylation sites is 1. The van der Waals surface area contributed by atoms with Crippen molar-refractivity contribution in [2.45, 2.75) is 25.6 Å². The van der Waals surface area contributed by atoms with E-state index < -0.39 is 18.4 Å². The second-order valence-corrected chi connectivity index (χ2v) is 5.53. The minimum atomic E-state index is -4.24. The molecule has 0 atom stereocenters. The topological polar surface area (TPSA) is 52.8 Å². The van der Waals surface area contributed by atoms with Crippen molar-refractivity contribution in [3.05, 3.63) is 41.6 Å². The van der Waals surface area contributed by atoms with Crippen molar-refractivity contribution in [2.75, 3.05) is 0 Å². The Morgan fingerprint density at radius 3 is 2.56 bits per heavy atom. The lowest BCUT2D eigenvalue weighted by molar-refractivity contribution is -0.135. The molecule has 2 heterocycles. The zero-order chi connectivity index (χ0) is 18.0. The van der Waals surface area contributed by atoms with Gasteiger partial charge in [-0.2, -0.15) is 18.3 Å². The summed E-state index contributed by atoms with van der Waals surface area (Å²) in [6, 6.07) is 4.79. The van der Waals surface area contributed by atoms with Crippen LogP contribution in [0.25, 0.3) is 10.9 Å². The molecule has 3 aromatic rings. The van der Waals surface area contributed by atoms with Gasteiger partial charge in [-0.25, -0.2) is 14.4 Å². The standard InChI is InChI=1S/C15H11ClF4N4O/c16-13-10-3-1-4-11(25-14-21-7-9(17)8-22-14)12(10)24(23-13)6-2-5-15(18,19)20/h1,3-4,7-8H,2,5-6H2. The van der Waals surface area contributed by atoms with Crippen molar-refractivity contribution in [1.82, 2.24) is 19.7 Å². The van der Waals surface area contributed by atoms with Crippen LogP contribution in [0.3, 0.4) is 0 Å².